The van der Waals surface area contributed by atoms with Gasteiger partial charge < -0.3 is 56.0 Å². The number of aliphatic hydroxyl groups excluding tert-OH is 3. The molecule has 1 saturated heterocycles. The largest absolute Gasteiger partial charge is 0.790 e. The summed E-state index contributed by atoms with van der Waals surface area (Å²) < 4.78 is 26.2. The van der Waals surface area contributed by atoms with Crippen molar-refractivity contribution >= 4 is 7.82 Å². The Morgan fingerprint density at radius 3 is 2.03 bits per heavy atom. The van der Waals surface area contributed by atoms with E-state index < -0.39 is 45.1 Å². The lowest BCUT2D eigenvalue weighted by Gasteiger charge is -2.45. The molecule has 1 fully saturated rings. The maximum atomic E-state index is 11.0. The Balaban J connectivity index is 0.00000225. The molecule has 3 rings (SSSR count). The summed E-state index contributed by atoms with van der Waals surface area (Å²) in [6.45, 7) is -0.663. The topological polar surface area (TPSA) is 225 Å². The van der Waals surface area contributed by atoms with Gasteiger partial charge in [-0.1, -0.05) is 42.5 Å². The molecule has 11 N–H and O–H groups in total. The molecule has 5 atom stereocenters. The Morgan fingerprint density at radius 2 is 1.50 bits per heavy atom. The van der Waals surface area contributed by atoms with Crippen molar-refractivity contribution in [2.24, 2.45) is 0 Å². The molecule has 0 saturated carbocycles. The quantitative estimate of drug-likeness (QED) is 0.380. The monoisotopic (exact) mass is 446 g/mol. The van der Waals surface area contributed by atoms with Crippen LogP contribution in [-0.2, 0) is 13.8 Å². The molecule has 0 bridgehead atoms. The van der Waals surface area contributed by atoms with E-state index in [2.05, 4.69) is 4.52 Å². The number of hydrogen-bond donors (Lipinski definition) is 5. The van der Waals surface area contributed by atoms with Crippen LogP contribution in [0, 0.1) is 0 Å². The van der Waals surface area contributed by atoms with Gasteiger partial charge in [0.2, 0.25) is 6.29 Å². The van der Waals surface area contributed by atoms with Crippen LogP contribution in [0.1, 0.15) is 0 Å². The maximum absolute atomic E-state index is 11.0. The second-order valence-electron chi connectivity index (χ2n) is 6.23. The van der Waals surface area contributed by atoms with Crippen LogP contribution >= 0.6 is 7.82 Å². The van der Waals surface area contributed by atoms with Crippen LogP contribution in [0.15, 0.2) is 54.6 Å². The normalized spacial score (nSPS) is 26.2. The lowest BCUT2D eigenvalue weighted by Crippen LogP contribution is -2.61. The van der Waals surface area contributed by atoms with Gasteiger partial charge in [0.05, 0.1) is 14.4 Å². The lowest BCUT2D eigenvalue weighted by atomic mass is 9.99. The summed E-state index contributed by atoms with van der Waals surface area (Å²) in [6, 6.07) is 16.2. The van der Waals surface area contributed by atoms with Crippen LogP contribution in [-0.4, -0.2) is 52.6 Å². The summed E-state index contributed by atoms with van der Waals surface area (Å²) >= 11 is 0. The predicted octanol–water partition coefficient (Wildman–Crippen LogP) is 0.138. The van der Waals surface area contributed by atoms with Crippen molar-refractivity contribution in [2.75, 3.05) is 6.61 Å². The number of benzene rings is 2. The van der Waals surface area contributed by atoms with Crippen molar-refractivity contribution in [3.63, 3.8) is 0 Å². The fourth-order valence-corrected chi connectivity index (χ4v) is 3.43. The molecule has 0 unspecified atom stereocenters. The molecular weight excluding hydrogens is 419 g/mol. The summed E-state index contributed by atoms with van der Waals surface area (Å²) in [5.74, 6) is 0.241. The number of phosphoric acid groups is 1. The second kappa shape index (κ2) is 10.9. The van der Waals surface area contributed by atoms with Gasteiger partial charge in [0.15, 0.2) is 6.10 Å². The van der Waals surface area contributed by atoms with Gasteiger partial charge in [0.1, 0.15) is 24.1 Å². The van der Waals surface area contributed by atoms with Gasteiger partial charge in [-0.25, -0.2) is 0 Å². The zero-order chi connectivity index (χ0) is 20.3. The first kappa shape index (κ1) is 26.1. The van der Waals surface area contributed by atoms with Gasteiger partial charge in [-0.2, -0.15) is 0 Å². The van der Waals surface area contributed by atoms with E-state index in [0.29, 0.717) is 0 Å². The molecule has 30 heavy (non-hydrogen) atoms. The van der Waals surface area contributed by atoms with Crippen LogP contribution in [0.25, 0.3) is 11.1 Å². The van der Waals surface area contributed by atoms with Crippen molar-refractivity contribution in [2.45, 2.75) is 30.7 Å². The Labute approximate surface area is 173 Å². The molecule has 168 valence electrons. The number of ether oxygens (including phenoxy) is 2. The van der Waals surface area contributed by atoms with Crippen LogP contribution < -0.4 is 26.8 Å². The summed E-state index contributed by atoms with van der Waals surface area (Å²) in [6.07, 6.45) is -8.08. The molecule has 11 nitrogen and oxygen atoms in total. The van der Waals surface area contributed by atoms with E-state index in [1.165, 1.54) is 0 Å². The molecule has 0 aliphatic carbocycles. The van der Waals surface area contributed by atoms with E-state index in [1.807, 2.05) is 30.3 Å². The average Bonchev–Trinajstić information content (AvgIpc) is 2.68. The Morgan fingerprint density at radius 1 is 0.933 bits per heavy atom. The molecule has 1 aliphatic heterocycles. The maximum Gasteiger partial charge on any atom is 0.229 e. The molecule has 0 amide bonds. The second-order valence-corrected chi connectivity index (χ2v) is 7.34. The third kappa shape index (κ3) is 6.30. The van der Waals surface area contributed by atoms with Crippen molar-refractivity contribution < 1.29 is 43.7 Å². The molecule has 0 radical (unpaired) electrons. The van der Waals surface area contributed by atoms with E-state index >= 15 is 0 Å². The molecule has 0 aromatic heterocycles. The van der Waals surface area contributed by atoms with E-state index in [1.54, 1.807) is 24.3 Å². The van der Waals surface area contributed by atoms with Crippen molar-refractivity contribution in [1.82, 2.24) is 12.3 Å². The highest BCUT2D eigenvalue weighted by Crippen LogP contribution is 2.35. The average molecular weight is 446 g/mol. The third-order valence-electron chi connectivity index (χ3n) is 4.29. The first-order chi connectivity index (χ1) is 13.3. The highest BCUT2D eigenvalue weighted by atomic mass is 31.2. The zero-order valence-electron chi connectivity index (χ0n) is 16.5. The van der Waals surface area contributed by atoms with Gasteiger partial charge in [-0.15, -0.1) is 0 Å². The first-order valence-electron chi connectivity index (χ1n) is 8.43. The summed E-state index contributed by atoms with van der Waals surface area (Å²) in [5, 5.41) is 29.3. The smallest absolute Gasteiger partial charge is 0.229 e. The summed E-state index contributed by atoms with van der Waals surface area (Å²) in [7, 11) is -5.51. The summed E-state index contributed by atoms with van der Waals surface area (Å²) in [4.78, 5) is 22.0. The highest BCUT2D eigenvalue weighted by molar-refractivity contribution is 7.43. The van der Waals surface area contributed by atoms with Gasteiger partial charge >= 0.3 is 0 Å². The zero-order valence-corrected chi connectivity index (χ0v) is 17.4. The predicted molar refractivity (Wildman–Crippen MR) is 105 cm³/mol. The van der Waals surface area contributed by atoms with E-state index in [-0.39, 0.29) is 18.1 Å². The number of phosphoric ester groups is 1. The number of aliphatic hydroxyl groups is 3. The Kier molecular flexibility index (Phi) is 9.53. The van der Waals surface area contributed by atoms with E-state index in [9.17, 15) is 29.7 Å². The number of rotatable bonds is 6. The van der Waals surface area contributed by atoms with Crippen molar-refractivity contribution in [1.29, 1.82) is 0 Å². The van der Waals surface area contributed by atoms with Crippen LogP contribution in [0.2, 0.25) is 0 Å². The molecule has 2 aromatic carbocycles. The Bertz CT molecular complexity index is 818. The molecule has 1 heterocycles. The minimum Gasteiger partial charge on any atom is -0.790 e. The van der Waals surface area contributed by atoms with Crippen LogP contribution in [0.4, 0.5) is 0 Å². The van der Waals surface area contributed by atoms with E-state index in [0.717, 1.165) is 11.1 Å². The standard InChI is InChI=1S/C18H21O9P.2H3N/c19-10-14-15(20)16(21)17(27-28(22,23)24)18(26-14)25-13-8-6-12(7-9-13)11-4-2-1-3-5-11;;/h1-9,14-21H,10H2,(H2,22,23,24);2*1H3/t14-,15-,16+,17+,18+;;/m1../s1. The minimum atomic E-state index is -5.51. The van der Waals surface area contributed by atoms with Gasteiger partial charge in [-0.3, -0.25) is 0 Å². The third-order valence-corrected chi connectivity index (χ3v) is 4.79. The number of quaternary nitrogens is 2. The van der Waals surface area contributed by atoms with Crippen molar-refractivity contribution in [3.05, 3.63) is 54.6 Å². The summed E-state index contributed by atoms with van der Waals surface area (Å²) in [5.41, 5.74) is 1.87. The highest BCUT2D eigenvalue weighted by Gasteiger charge is 2.46. The molecular formula is C18H27N2O9P. The lowest BCUT2D eigenvalue weighted by molar-refractivity contribution is -0.360. The molecule has 12 heteroatoms. The minimum absolute atomic E-state index is 0. The first-order valence-corrected chi connectivity index (χ1v) is 9.89. The number of hydrogen-bond acceptors (Lipinski definition) is 9. The van der Waals surface area contributed by atoms with Crippen LogP contribution in [0.5, 0.6) is 5.75 Å². The molecule has 0 spiro atoms. The van der Waals surface area contributed by atoms with Gasteiger partial charge in [0.25, 0.3) is 0 Å². The van der Waals surface area contributed by atoms with Crippen LogP contribution in [0.3, 0.4) is 0 Å². The molecule has 1 aliphatic rings. The van der Waals surface area contributed by atoms with Gasteiger partial charge in [0, 0.05) is 0 Å². The SMILES string of the molecule is O=P([O-])([O-])O[C@@H]1[C@@H](Oc2ccc(-c3ccccc3)cc2)O[C@H](CO)[C@@H](O)[C@@H]1O.[NH4+].[NH4+]. The molecule has 2 aromatic rings. The van der Waals surface area contributed by atoms with Gasteiger partial charge in [-0.05, 0) is 23.3 Å². The fourth-order valence-electron chi connectivity index (χ4n) is 2.90. The van der Waals surface area contributed by atoms with E-state index in [4.69, 9.17) is 9.47 Å². The Hall–Kier alpha value is -1.89. The van der Waals surface area contributed by atoms with Crippen molar-refractivity contribution in [3.8, 4) is 16.9 Å². The fraction of sp³-hybridized carbons (Fsp3) is 0.333.